The molecule has 1 N–H and O–H groups in total. The van der Waals surface area contributed by atoms with Crippen molar-refractivity contribution >= 4 is 38.3 Å². The normalized spacial score (nSPS) is 16.6. The second-order valence-electron chi connectivity index (χ2n) is 6.61. The van der Waals surface area contributed by atoms with Crippen LogP contribution < -0.4 is 10.9 Å². The van der Waals surface area contributed by atoms with Gasteiger partial charge in [0.05, 0.1) is 0 Å². The third-order valence-corrected chi connectivity index (χ3v) is 5.93. The maximum Gasteiger partial charge on any atom is 0.252 e. The number of amides is 1. The molecule has 25 heavy (non-hydrogen) atoms. The van der Waals surface area contributed by atoms with Gasteiger partial charge in [-0.1, -0.05) is 48.0 Å². The lowest BCUT2D eigenvalue weighted by Gasteiger charge is -2.28. The minimum Gasteiger partial charge on any atom is -0.300 e. The molecule has 2 aromatic heterocycles. The number of carbonyl (C=O) groups is 1. The number of aromatic nitrogens is 2. The van der Waals surface area contributed by atoms with Crippen molar-refractivity contribution in [2.45, 2.75) is 51.5 Å². The number of nitrogens with one attached hydrogen (secondary N) is 1. The molecule has 1 aliphatic rings. The maximum atomic E-state index is 13.0. The summed E-state index contributed by atoms with van der Waals surface area (Å²) in [6.07, 6.45) is 8.30. The van der Waals surface area contributed by atoms with Gasteiger partial charge in [-0.3, -0.25) is 9.59 Å². The highest BCUT2D eigenvalue weighted by molar-refractivity contribution is 9.10. The Morgan fingerprint density at radius 3 is 2.80 bits per heavy atom. The number of rotatable bonds is 5. The highest BCUT2D eigenvalue weighted by Gasteiger charge is 2.28. The number of nitrogens with zero attached hydrogens (tertiary/aromatic N) is 2. The molecule has 0 unspecified atom stereocenters. The predicted octanol–water partition coefficient (Wildman–Crippen LogP) is 4.53. The summed E-state index contributed by atoms with van der Waals surface area (Å²) < 4.78 is 2.37. The van der Waals surface area contributed by atoms with Crippen molar-refractivity contribution in [1.29, 1.82) is 0 Å². The van der Waals surface area contributed by atoms with E-state index in [-0.39, 0.29) is 11.5 Å². The first-order valence-electron chi connectivity index (χ1n) is 8.63. The highest BCUT2D eigenvalue weighted by Crippen LogP contribution is 2.31. The van der Waals surface area contributed by atoms with E-state index in [0.717, 1.165) is 23.0 Å². The number of anilines is 1. The van der Waals surface area contributed by atoms with Crippen LogP contribution in [0, 0.1) is 12.8 Å². The van der Waals surface area contributed by atoms with Gasteiger partial charge in [0.25, 0.3) is 5.56 Å². The third-order valence-electron chi connectivity index (χ3n) is 4.78. The number of pyridine rings is 1. The lowest BCUT2D eigenvalue weighted by Crippen LogP contribution is -2.36. The second-order valence-corrected chi connectivity index (χ2v) is 8.42. The Morgan fingerprint density at radius 1 is 1.40 bits per heavy atom. The van der Waals surface area contributed by atoms with E-state index in [2.05, 4.69) is 26.2 Å². The monoisotopic (exact) mass is 423 g/mol. The average molecular weight is 424 g/mol. The first-order chi connectivity index (χ1) is 12.0. The molecule has 3 rings (SSSR count). The van der Waals surface area contributed by atoms with Gasteiger partial charge < -0.3 is 9.88 Å². The topological polar surface area (TPSA) is 64.0 Å². The summed E-state index contributed by atoms with van der Waals surface area (Å²) in [6, 6.07) is 2.90. The van der Waals surface area contributed by atoms with E-state index in [1.807, 2.05) is 18.4 Å². The van der Waals surface area contributed by atoms with Crippen LogP contribution in [0.4, 0.5) is 5.13 Å². The fourth-order valence-electron chi connectivity index (χ4n) is 3.61. The Balaban J connectivity index is 1.90. The number of halogens is 1. The van der Waals surface area contributed by atoms with Crippen LogP contribution >= 0.6 is 27.3 Å². The maximum absolute atomic E-state index is 13.0. The van der Waals surface area contributed by atoms with Crippen molar-refractivity contribution < 1.29 is 4.79 Å². The van der Waals surface area contributed by atoms with E-state index in [9.17, 15) is 9.59 Å². The molecule has 1 saturated carbocycles. The summed E-state index contributed by atoms with van der Waals surface area (Å²) >= 11 is 4.74. The fraction of sp³-hybridized carbons (Fsp3) is 0.500. The lowest BCUT2D eigenvalue weighted by molar-refractivity contribution is -0.120. The lowest BCUT2D eigenvalue weighted by atomic mass is 9.84. The molecule has 1 fully saturated rings. The van der Waals surface area contributed by atoms with E-state index in [1.165, 1.54) is 36.7 Å². The van der Waals surface area contributed by atoms with Crippen molar-refractivity contribution in [3.8, 4) is 0 Å². The van der Waals surface area contributed by atoms with Gasteiger partial charge in [-0.25, -0.2) is 4.98 Å². The summed E-state index contributed by atoms with van der Waals surface area (Å²) in [6.45, 7) is 1.87. The van der Waals surface area contributed by atoms with Crippen molar-refractivity contribution in [2.24, 2.45) is 5.92 Å². The standard InChI is InChI=1S/C18H22BrN3O2S/c1-12-9-14(19)11-16(23)22(12)15(10-13-5-3-2-4-6-13)17(24)21-18-20-7-8-25-18/h7-9,11,13,15H,2-6,10H2,1H3,(H,20,21,24)/t15-/m0/s1. The van der Waals surface area contributed by atoms with Crippen molar-refractivity contribution in [3.63, 3.8) is 0 Å². The number of aryl methyl sites for hydroxylation is 1. The van der Waals surface area contributed by atoms with Gasteiger partial charge in [-0.05, 0) is 25.3 Å². The molecule has 0 saturated heterocycles. The first kappa shape index (κ1) is 18.3. The van der Waals surface area contributed by atoms with Crippen LogP contribution in [0.3, 0.4) is 0 Å². The van der Waals surface area contributed by atoms with Crippen LogP contribution in [-0.2, 0) is 4.79 Å². The van der Waals surface area contributed by atoms with Crippen LogP contribution in [0.15, 0.2) is 33.0 Å². The smallest absolute Gasteiger partial charge is 0.252 e. The largest absolute Gasteiger partial charge is 0.300 e. The quantitative estimate of drug-likeness (QED) is 0.767. The second kappa shape index (κ2) is 8.27. The van der Waals surface area contributed by atoms with E-state index >= 15 is 0 Å². The molecule has 0 radical (unpaired) electrons. The van der Waals surface area contributed by atoms with Crippen LogP contribution in [-0.4, -0.2) is 15.5 Å². The molecule has 0 bridgehead atoms. The van der Waals surface area contributed by atoms with Gasteiger partial charge in [-0.15, -0.1) is 11.3 Å². The number of carbonyl (C=O) groups excluding carboxylic acids is 1. The summed E-state index contributed by atoms with van der Waals surface area (Å²) in [5, 5.41) is 5.27. The minimum absolute atomic E-state index is 0.151. The number of hydrogen-bond donors (Lipinski definition) is 1. The molecule has 7 heteroatoms. The Kier molecular flexibility index (Phi) is 6.06. The van der Waals surface area contributed by atoms with Gasteiger partial charge in [0, 0.05) is 27.8 Å². The first-order valence-corrected chi connectivity index (χ1v) is 10.3. The molecule has 2 heterocycles. The molecule has 134 valence electrons. The van der Waals surface area contributed by atoms with Crippen LogP contribution in [0.25, 0.3) is 0 Å². The Bertz CT molecular complexity index is 782. The van der Waals surface area contributed by atoms with Gasteiger partial charge in [0.2, 0.25) is 5.91 Å². The van der Waals surface area contributed by atoms with E-state index in [4.69, 9.17) is 0 Å². The molecule has 0 aliphatic heterocycles. The zero-order valence-electron chi connectivity index (χ0n) is 14.2. The van der Waals surface area contributed by atoms with Crippen molar-refractivity contribution in [3.05, 3.63) is 44.2 Å². The predicted molar refractivity (Wildman–Crippen MR) is 104 cm³/mol. The van der Waals surface area contributed by atoms with Crippen LogP contribution in [0.2, 0.25) is 0 Å². The Morgan fingerprint density at radius 2 is 2.16 bits per heavy atom. The van der Waals surface area contributed by atoms with Crippen molar-refractivity contribution in [1.82, 2.24) is 9.55 Å². The highest BCUT2D eigenvalue weighted by atomic mass is 79.9. The molecule has 1 amide bonds. The third kappa shape index (κ3) is 4.58. The molecule has 5 nitrogen and oxygen atoms in total. The Labute approximate surface area is 159 Å². The zero-order valence-corrected chi connectivity index (χ0v) is 16.6. The van der Waals surface area contributed by atoms with Gasteiger partial charge in [0.1, 0.15) is 6.04 Å². The van der Waals surface area contributed by atoms with E-state index in [1.54, 1.807) is 10.8 Å². The zero-order chi connectivity index (χ0) is 17.8. The molecular formula is C18H22BrN3O2S. The molecule has 1 atom stereocenters. The molecule has 2 aromatic rings. The van der Waals surface area contributed by atoms with Gasteiger partial charge in [0.15, 0.2) is 5.13 Å². The molecule has 0 aromatic carbocycles. The summed E-state index contributed by atoms with van der Waals surface area (Å²) in [5.41, 5.74) is 0.636. The van der Waals surface area contributed by atoms with Gasteiger partial charge >= 0.3 is 0 Å². The minimum atomic E-state index is -0.507. The summed E-state index contributed by atoms with van der Waals surface area (Å²) in [4.78, 5) is 29.7. The fourth-order valence-corrected chi connectivity index (χ4v) is 4.67. The SMILES string of the molecule is Cc1cc(Br)cc(=O)n1[C@@H](CC1CCCCC1)C(=O)Nc1nccs1. The molecular weight excluding hydrogens is 402 g/mol. The van der Waals surface area contributed by atoms with E-state index < -0.39 is 6.04 Å². The van der Waals surface area contributed by atoms with E-state index in [0.29, 0.717) is 17.5 Å². The summed E-state index contributed by atoms with van der Waals surface area (Å²) in [7, 11) is 0. The van der Waals surface area contributed by atoms with Crippen LogP contribution in [0.5, 0.6) is 0 Å². The molecule has 0 spiro atoms. The average Bonchev–Trinajstić information content (AvgIpc) is 3.07. The Hall–Kier alpha value is -1.47. The van der Waals surface area contributed by atoms with Gasteiger partial charge in [-0.2, -0.15) is 0 Å². The van der Waals surface area contributed by atoms with Crippen molar-refractivity contribution in [2.75, 3.05) is 5.32 Å². The molecule has 1 aliphatic carbocycles. The number of hydrogen-bond acceptors (Lipinski definition) is 4. The van der Waals surface area contributed by atoms with Crippen LogP contribution in [0.1, 0.15) is 50.3 Å². The summed E-state index contributed by atoms with van der Waals surface area (Å²) in [5.74, 6) is 0.323. The number of thiazole rings is 1.